The highest BCUT2D eigenvalue weighted by atomic mass is 16.4. The number of aliphatic carboxylic acids is 3. The van der Waals surface area contributed by atoms with Crippen LogP contribution >= 0.6 is 0 Å². The number of hydrogen-bond acceptors (Lipinski definition) is 8. The van der Waals surface area contributed by atoms with Crippen molar-refractivity contribution in [1.29, 1.82) is 0 Å². The lowest BCUT2D eigenvalue weighted by molar-refractivity contribution is -0.140. The quantitative estimate of drug-likeness (QED) is 0.156. The van der Waals surface area contributed by atoms with E-state index < -0.39 is 55.5 Å². The molecule has 0 radical (unpaired) electrons. The summed E-state index contributed by atoms with van der Waals surface area (Å²) in [5, 5.41) is 49.5. The third kappa shape index (κ3) is 9.53. The number of nitrogens with one attached hydrogen (secondary N) is 2. The zero-order valence-electron chi connectivity index (χ0n) is 17.7. The number of pyridine rings is 1. The molecule has 1 rings (SSSR count). The van der Waals surface area contributed by atoms with Gasteiger partial charge < -0.3 is 40.9 Å². The number of carbonyl (C=O) groups is 5. The van der Waals surface area contributed by atoms with Crippen LogP contribution < -0.4 is 21.0 Å². The van der Waals surface area contributed by atoms with Gasteiger partial charge in [-0.15, -0.1) is 0 Å². The van der Waals surface area contributed by atoms with Gasteiger partial charge in [-0.3, -0.25) is 14.6 Å². The van der Waals surface area contributed by atoms with Crippen molar-refractivity contribution in [3.63, 3.8) is 0 Å². The van der Waals surface area contributed by atoms with Crippen molar-refractivity contribution < 1.29 is 49.3 Å². The summed E-state index contributed by atoms with van der Waals surface area (Å²) < 4.78 is 0. The Labute approximate surface area is 188 Å². The van der Waals surface area contributed by atoms with Crippen molar-refractivity contribution in [3.8, 4) is 0 Å². The van der Waals surface area contributed by atoms with Crippen LogP contribution in [0.1, 0.15) is 32.1 Å². The summed E-state index contributed by atoms with van der Waals surface area (Å²) in [4.78, 5) is 62.5. The lowest BCUT2D eigenvalue weighted by Gasteiger charge is -2.20. The second-order valence-electron chi connectivity index (χ2n) is 7.03. The van der Waals surface area contributed by atoms with E-state index in [1.54, 1.807) is 0 Å². The van der Waals surface area contributed by atoms with E-state index in [-0.39, 0.29) is 31.1 Å². The molecule has 0 saturated carbocycles. The Morgan fingerprint density at radius 1 is 0.970 bits per heavy atom. The second-order valence-corrected chi connectivity index (χ2v) is 7.03. The van der Waals surface area contributed by atoms with Crippen LogP contribution in [0.3, 0.4) is 0 Å². The molecule has 15 heteroatoms. The maximum atomic E-state index is 12.4. The molecular formula is C18H25BN4O10. The van der Waals surface area contributed by atoms with Gasteiger partial charge in [0.05, 0.1) is 11.9 Å². The van der Waals surface area contributed by atoms with Gasteiger partial charge in [-0.2, -0.15) is 0 Å². The average Bonchev–Trinajstić information content (AvgIpc) is 2.74. The Hall–Kier alpha value is -3.72. The first kappa shape index (κ1) is 27.3. The zero-order valence-corrected chi connectivity index (χ0v) is 17.7. The first-order valence-electron chi connectivity index (χ1n) is 9.74. The van der Waals surface area contributed by atoms with Crippen molar-refractivity contribution in [3.05, 3.63) is 18.5 Å². The molecule has 0 aromatic carbocycles. The van der Waals surface area contributed by atoms with E-state index in [4.69, 9.17) is 10.2 Å². The summed E-state index contributed by atoms with van der Waals surface area (Å²) in [5.74, 6) is -4.55. The first-order valence-corrected chi connectivity index (χ1v) is 9.74. The van der Waals surface area contributed by atoms with Crippen molar-refractivity contribution in [2.45, 2.75) is 44.2 Å². The third-order valence-corrected chi connectivity index (χ3v) is 4.54. The van der Waals surface area contributed by atoms with Gasteiger partial charge in [-0.25, -0.2) is 14.4 Å². The second kappa shape index (κ2) is 13.0. The Balaban J connectivity index is 2.62. The molecule has 0 unspecified atom stereocenters. The van der Waals surface area contributed by atoms with Gasteiger partial charge in [0.15, 0.2) is 0 Å². The number of nitrogens with zero attached hydrogens (tertiary/aromatic N) is 2. The van der Waals surface area contributed by atoms with E-state index in [0.29, 0.717) is 5.69 Å². The third-order valence-electron chi connectivity index (χ3n) is 4.54. The number of carboxylic acids is 3. The van der Waals surface area contributed by atoms with Crippen LogP contribution in [0.4, 0.5) is 10.5 Å². The van der Waals surface area contributed by atoms with Crippen LogP contribution in [0.15, 0.2) is 18.5 Å². The fourth-order valence-electron chi connectivity index (χ4n) is 2.68. The van der Waals surface area contributed by atoms with Gasteiger partial charge in [0.25, 0.3) is 0 Å². The largest absolute Gasteiger partial charge is 0.490 e. The van der Waals surface area contributed by atoms with Gasteiger partial charge in [-0.1, -0.05) is 0 Å². The molecule has 0 aliphatic rings. The predicted octanol–water partition coefficient (Wildman–Crippen LogP) is -2.04. The highest BCUT2D eigenvalue weighted by Gasteiger charge is 2.25. The molecule has 1 heterocycles. The maximum absolute atomic E-state index is 12.4. The molecule has 1 aromatic heterocycles. The molecule has 0 spiro atoms. The summed E-state index contributed by atoms with van der Waals surface area (Å²) in [6, 6.07) is -2.70. The Bertz CT molecular complexity index is 882. The molecular weight excluding hydrogens is 443 g/mol. The topological polar surface area (TPSA) is 227 Å². The predicted molar refractivity (Wildman–Crippen MR) is 113 cm³/mol. The zero-order chi connectivity index (χ0) is 25.1. The van der Waals surface area contributed by atoms with E-state index in [0.717, 1.165) is 0 Å². The summed E-state index contributed by atoms with van der Waals surface area (Å²) in [5.41, 5.74) is 0.371. The molecule has 0 fully saturated rings. The number of rotatable bonds is 13. The minimum atomic E-state index is -1.76. The molecule has 33 heavy (non-hydrogen) atoms. The van der Waals surface area contributed by atoms with Crippen LogP contribution in [0.25, 0.3) is 0 Å². The van der Waals surface area contributed by atoms with Crippen LogP contribution in [-0.2, 0) is 19.2 Å². The van der Waals surface area contributed by atoms with Crippen LogP contribution in [0.5, 0.6) is 0 Å². The molecule has 2 atom stereocenters. The smallest absolute Gasteiger partial charge is 0.481 e. The maximum Gasteiger partial charge on any atom is 0.490 e. The van der Waals surface area contributed by atoms with E-state index >= 15 is 0 Å². The normalized spacial score (nSPS) is 12.2. The Kier molecular flexibility index (Phi) is 10.7. The molecule has 0 saturated heterocycles. The Morgan fingerprint density at radius 2 is 1.55 bits per heavy atom. The summed E-state index contributed by atoms with van der Waals surface area (Å²) in [6.07, 6.45) is 1.45. The van der Waals surface area contributed by atoms with Gasteiger partial charge in [0.1, 0.15) is 12.1 Å². The molecule has 0 aliphatic carbocycles. The van der Waals surface area contributed by atoms with Gasteiger partial charge in [0.2, 0.25) is 5.91 Å². The molecule has 0 bridgehead atoms. The van der Waals surface area contributed by atoms with E-state index in [1.807, 2.05) is 5.32 Å². The van der Waals surface area contributed by atoms with Crippen molar-refractivity contribution in [2.75, 3.05) is 11.9 Å². The van der Waals surface area contributed by atoms with Crippen LogP contribution in [-0.4, -0.2) is 86.4 Å². The van der Waals surface area contributed by atoms with Crippen molar-refractivity contribution >= 4 is 48.1 Å². The molecule has 0 aliphatic heterocycles. The number of carboxylic acid groups (broad SMARTS) is 3. The van der Waals surface area contributed by atoms with Crippen molar-refractivity contribution in [2.24, 2.45) is 0 Å². The molecule has 14 nitrogen and oxygen atoms in total. The van der Waals surface area contributed by atoms with E-state index in [1.165, 1.54) is 30.4 Å². The van der Waals surface area contributed by atoms with Crippen LogP contribution in [0.2, 0.25) is 0 Å². The lowest BCUT2D eigenvalue weighted by atomic mass is 9.81. The number of carbonyl (C=O) groups excluding carboxylic acids is 2. The Morgan fingerprint density at radius 3 is 2.06 bits per heavy atom. The van der Waals surface area contributed by atoms with Gasteiger partial charge in [-0.05, 0) is 25.3 Å². The van der Waals surface area contributed by atoms with Gasteiger partial charge in [0, 0.05) is 31.5 Å². The summed E-state index contributed by atoms with van der Waals surface area (Å²) in [7, 11) is -0.337. The number of aromatic nitrogens is 1. The highest BCUT2D eigenvalue weighted by Crippen LogP contribution is 2.12. The van der Waals surface area contributed by atoms with Crippen molar-refractivity contribution in [1.82, 2.24) is 15.6 Å². The fraction of sp³-hybridized carbons (Fsp3) is 0.444. The van der Waals surface area contributed by atoms with Gasteiger partial charge >= 0.3 is 31.1 Å². The summed E-state index contributed by atoms with van der Waals surface area (Å²) in [6.45, 7) is 0. The number of anilines is 1. The lowest BCUT2D eigenvalue weighted by Crippen LogP contribution is -2.51. The number of urea groups is 1. The SMILES string of the molecule is CN(C(=O)CCC[C@H](NC(=O)N[C@@H](CCC(=O)O)C(=O)O)C(=O)O)c1cncc(B(O)O)c1. The number of hydrogen-bond donors (Lipinski definition) is 7. The minimum absolute atomic E-state index is 0.0531. The monoisotopic (exact) mass is 468 g/mol. The number of amides is 3. The average molecular weight is 468 g/mol. The highest BCUT2D eigenvalue weighted by molar-refractivity contribution is 6.58. The first-order chi connectivity index (χ1) is 15.4. The minimum Gasteiger partial charge on any atom is -0.481 e. The van der Waals surface area contributed by atoms with E-state index in [9.17, 15) is 39.1 Å². The molecule has 180 valence electrons. The molecule has 1 aromatic rings. The van der Waals surface area contributed by atoms with E-state index in [2.05, 4.69) is 10.3 Å². The standard InChI is InChI=1S/C18H25BN4O10/c1-23(11-7-10(19(32)33)8-20-9-11)14(24)4-2-3-12(16(27)28)21-18(31)22-13(17(29)30)5-6-15(25)26/h7-9,12-13,32-33H,2-6H2,1H3,(H,25,26)(H,27,28)(H,29,30)(H2,21,22,31)/t12-,13-/m0/s1. The summed E-state index contributed by atoms with van der Waals surface area (Å²) >= 11 is 0. The van der Waals surface area contributed by atoms with Crippen LogP contribution in [0, 0.1) is 0 Å². The molecule has 7 N–H and O–H groups in total. The fourth-order valence-corrected chi connectivity index (χ4v) is 2.68. The molecule has 3 amide bonds.